The van der Waals surface area contributed by atoms with Crippen molar-refractivity contribution in [2.75, 3.05) is 26.7 Å². The summed E-state index contributed by atoms with van der Waals surface area (Å²) >= 11 is 0. The number of carboxylic acid groups (broad SMARTS) is 1. The van der Waals surface area contributed by atoms with E-state index in [-0.39, 0.29) is 12.5 Å². The van der Waals surface area contributed by atoms with Crippen molar-refractivity contribution in [3.05, 3.63) is 0 Å². The van der Waals surface area contributed by atoms with E-state index < -0.39 is 5.97 Å². The van der Waals surface area contributed by atoms with E-state index in [0.717, 1.165) is 19.4 Å². The van der Waals surface area contributed by atoms with Crippen LogP contribution in [0.3, 0.4) is 0 Å². The van der Waals surface area contributed by atoms with Crippen molar-refractivity contribution in [1.29, 1.82) is 0 Å². The number of nitrogens with zero attached hydrogens (tertiary/aromatic N) is 1. The van der Waals surface area contributed by atoms with Crippen LogP contribution in [0.4, 0.5) is 0 Å². The third-order valence-electron chi connectivity index (χ3n) is 1.99. The second-order valence-electron chi connectivity index (χ2n) is 3.42. The van der Waals surface area contributed by atoms with Crippen LogP contribution in [0.2, 0.25) is 0 Å². The highest BCUT2D eigenvalue weighted by Crippen LogP contribution is 1.99. The number of aliphatic carboxylic acids is 1. The Hall–Kier alpha value is -1.10. The Morgan fingerprint density at radius 1 is 1.40 bits per heavy atom. The average molecular weight is 216 g/mol. The highest BCUT2D eigenvalue weighted by molar-refractivity contribution is 5.81. The van der Waals surface area contributed by atoms with Crippen LogP contribution in [0, 0.1) is 0 Å². The summed E-state index contributed by atoms with van der Waals surface area (Å²) in [5.74, 6) is -1.03. The Morgan fingerprint density at radius 3 is 2.53 bits per heavy atom. The van der Waals surface area contributed by atoms with Crippen molar-refractivity contribution in [1.82, 2.24) is 10.2 Å². The third-order valence-corrected chi connectivity index (χ3v) is 1.99. The summed E-state index contributed by atoms with van der Waals surface area (Å²) in [6, 6.07) is 0. The number of amides is 1. The summed E-state index contributed by atoms with van der Waals surface area (Å²) in [6.45, 7) is 3.03. The van der Waals surface area contributed by atoms with Gasteiger partial charge in [0.2, 0.25) is 5.91 Å². The maximum Gasteiger partial charge on any atom is 0.323 e. The van der Waals surface area contributed by atoms with E-state index in [0.29, 0.717) is 13.0 Å². The Kier molecular flexibility index (Phi) is 7.62. The molecule has 5 heteroatoms. The van der Waals surface area contributed by atoms with Gasteiger partial charge in [-0.2, -0.15) is 0 Å². The molecule has 0 aliphatic heterocycles. The monoisotopic (exact) mass is 216 g/mol. The van der Waals surface area contributed by atoms with Crippen molar-refractivity contribution < 1.29 is 14.7 Å². The smallest absolute Gasteiger partial charge is 0.323 e. The molecule has 0 aliphatic rings. The molecule has 0 aromatic rings. The van der Waals surface area contributed by atoms with Crippen molar-refractivity contribution >= 4 is 11.9 Å². The largest absolute Gasteiger partial charge is 0.480 e. The normalized spacial score (nSPS) is 10.0. The summed E-state index contributed by atoms with van der Waals surface area (Å²) in [5.41, 5.74) is 0. The number of carbonyl (C=O) groups excluding carboxylic acids is 1. The average Bonchev–Trinajstić information content (AvgIpc) is 2.17. The topological polar surface area (TPSA) is 69.6 Å². The molecular formula is C10H20N2O3. The zero-order valence-corrected chi connectivity index (χ0v) is 9.45. The first-order valence-electron chi connectivity index (χ1n) is 5.26. The second kappa shape index (κ2) is 8.23. The lowest BCUT2D eigenvalue weighted by Gasteiger charge is -2.19. The lowest BCUT2D eigenvalue weighted by molar-refractivity contribution is -0.144. The molecule has 0 aromatic heterocycles. The van der Waals surface area contributed by atoms with Gasteiger partial charge in [0.15, 0.2) is 0 Å². The molecule has 0 heterocycles. The van der Waals surface area contributed by atoms with Gasteiger partial charge in [0.05, 0.1) is 0 Å². The van der Waals surface area contributed by atoms with Crippen molar-refractivity contribution in [2.24, 2.45) is 0 Å². The van der Waals surface area contributed by atoms with Gasteiger partial charge in [-0.1, -0.05) is 6.92 Å². The molecular weight excluding hydrogens is 196 g/mol. The Morgan fingerprint density at radius 2 is 2.07 bits per heavy atom. The van der Waals surface area contributed by atoms with Crippen LogP contribution >= 0.6 is 0 Å². The molecule has 0 fully saturated rings. The van der Waals surface area contributed by atoms with Crippen LogP contribution in [-0.4, -0.2) is 48.6 Å². The molecule has 0 saturated heterocycles. The van der Waals surface area contributed by atoms with Gasteiger partial charge >= 0.3 is 5.97 Å². The van der Waals surface area contributed by atoms with E-state index in [2.05, 4.69) is 5.32 Å². The van der Waals surface area contributed by atoms with Crippen molar-refractivity contribution in [3.8, 4) is 0 Å². The van der Waals surface area contributed by atoms with Gasteiger partial charge in [0, 0.05) is 13.0 Å². The Labute approximate surface area is 90.5 Å². The minimum atomic E-state index is -0.953. The molecule has 0 atom stereocenters. The summed E-state index contributed by atoms with van der Waals surface area (Å²) in [7, 11) is 1.82. The molecule has 15 heavy (non-hydrogen) atoms. The molecule has 0 unspecified atom stereocenters. The van der Waals surface area contributed by atoms with Crippen molar-refractivity contribution in [2.45, 2.75) is 26.2 Å². The van der Waals surface area contributed by atoms with Crippen LogP contribution in [0.25, 0.3) is 0 Å². The minimum absolute atomic E-state index is 0.0745. The van der Waals surface area contributed by atoms with Crippen molar-refractivity contribution in [3.63, 3.8) is 0 Å². The van der Waals surface area contributed by atoms with E-state index in [4.69, 9.17) is 5.11 Å². The van der Waals surface area contributed by atoms with E-state index in [1.807, 2.05) is 14.0 Å². The quantitative estimate of drug-likeness (QED) is 0.573. The minimum Gasteiger partial charge on any atom is -0.480 e. The van der Waals surface area contributed by atoms with E-state index >= 15 is 0 Å². The molecule has 0 bridgehead atoms. The molecule has 0 rings (SSSR count). The van der Waals surface area contributed by atoms with Gasteiger partial charge in [0.25, 0.3) is 0 Å². The number of hydrogen-bond acceptors (Lipinski definition) is 3. The second-order valence-corrected chi connectivity index (χ2v) is 3.42. The number of hydrogen-bond donors (Lipinski definition) is 2. The first kappa shape index (κ1) is 13.9. The highest BCUT2D eigenvalue weighted by Gasteiger charge is 2.14. The van der Waals surface area contributed by atoms with Crippen LogP contribution in [0.1, 0.15) is 26.2 Å². The van der Waals surface area contributed by atoms with Crippen LogP contribution in [0.15, 0.2) is 0 Å². The molecule has 0 spiro atoms. The summed E-state index contributed by atoms with van der Waals surface area (Å²) in [5, 5.41) is 11.6. The lowest BCUT2D eigenvalue weighted by Crippen LogP contribution is -2.36. The summed E-state index contributed by atoms with van der Waals surface area (Å²) in [4.78, 5) is 23.5. The van der Waals surface area contributed by atoms with E-state index in [9.17, 15) is 9.59 Å². The number of carbonyl (C=O) groups is 2. The molecule has 0 aromatic carbocycles. The number of carboxylic acids is 1. The molecule has 88 valence electrons. The molecule has 0 radical (unpaired) electrons. The predicted molar refractivity (Wildman–Crippen MR) is 57.7 cm³/mol. The van der Waals surface area contributed by atoms with Crippen LogP contribution in [-0.2, 0) is 9.59 Å². The molecule has 1 amide bonds. The fourth-order valence-corrected chi connectivity index (χ4v) is 1.30. The van der Waals surface area contributed by atoms with E-state index in [1.165, 1.54) is 4.90 Å². The predicted octanol–water partition coefficient (Wildman–Crippen LogP) is 0.309. The Bertz CT molecular complexity index is 207. The fraction of sp³-hybridized carbons (Fsp3) is 0.800. The lowest BCUT2D eigenvalue weighted by atomic mass is 10.2. The maximum atomic E-state index is 11.6. The van der Waals surface area contributed by atoms with E-state index in [1.54, 1.807) is 0 Å². The van der Waals surface area contributed by atoms with Gasteiger partial charge in [0.1, 0.15) is 6.54 Å². The molecule has 0 aliphatic carbocycles. The fourth-order valence-electron chi connectivity index (χ4n) is 1.30. The maximum absolute atomic E-state index is 11.6. The molecule has 5 nitrogen and oxygen atoms in total. The zero-order chi connectivity index (χ0) is 11.7. The number of rotatable bonds is 8. The molecule has 0 saturated carbocycles. The van der Waals surface area contributed by atoms with Gasteiger partial charge in [-0.25, -0.2) is 0 Å². The SMILES string of the molecule is CCCN(CC(=O)O)C(=O)CCCNC. The first-order valence-corrected chi connectivity index (χ1v) is 5.26. The van der Waals surface area contributed by atoms with Crippen LogP contribution < -0.4 is 5.32 Å². The van der Waals surface area contributed by atoms with Crippen LogP contribution in [0.5, 0.6) is 0 Å². The zero-order valence-electron chi connectivity index (χ0n) is 9.45. The van der Waals surface area contributed by atoms with Gasteiger partial charge in [-0.05, 0) is 26.4 Å². The number of nitrogens with one attached hydrogen (secondary N) is 1. The Balaban J connectivity index is 3.98. The standard InChI is InChI=1S/C10H20N2O3/c1-3-7-12(8-10(14)15)9(13)5-4-6-11-2/h11H,3-8H2,1-2H3,(H,14,15). The van der Waals surface area contributed by atoms with Gasteiger partial charge in [-0.3, -0.25) is 9.59 Å². The summed E-state index contributed by atoms with van der Waals surface area (Å²) < 4.78 is 0. The molecule has 2 N–H and O–H groups in total. The highest BCUT2D eigenvalue weighted by atomic mass is 16.4. The summed E-state index contributed by atoms with van der Waals surface area (Å²) in [6.07, 6.45) is 1.94. The third kappa shape index (κ3) is 6.90. The first-order chi connectivity index (χ1) is 7.11. The van der Waals surface area contributed by atoms with Gasteiger partial charge < -0.3 is 15.3 Å². The van der Waals surface area contributed by atoms with Gasteiger partial charge in [-0.15, -0.1) is 0 Å².